The Morgan fingerprint density at radius 1 is 1.39 bits per heavy atom. The fourth-order valence-electron chi connectivity index (χ4n) is 2.25. The Morgan fingerprint density at radius 2 is 2.28 bits per heavy atom. The molecule has 0 spiro atoms. The van der Waals surface area contributed by atoms with E-state index in [9.17, 15) is 8.42 Å². The zero-order chi connectivity index (χ0) is 12.6. The maximum Gasteiger partial charge on any atom is 0.160 e. The summed E-state index contributed by atoms with van der Waals surface area (Å²) in [5, 5.41) is 11.4. The predicted octanol–water partition coefficient (Wildman–Crippen LogP) is -0.342. The van der Waals surface area contributed by atoms with Crippen molar-refractivity contribution in [3.63, 3.8) is 0 Å². The third-order valence-electron chi connectivity index (χ3n) is 3.11. The van der Waals surface area contributed by atoms with Gasteiger partial charge in [-0.25, -0.2) is 8.42 Å². The van der Waals surface area contributed by atoms with Crippen molar-refractivity contribution in [1.82, 2.24) is 19.9 Å². The van der Waals surface area contributed by atoms with Crippen LogP contribution in [0, 0.1) is 0 Å². The Balaban J connectivity index is 1.84. The first kappa shape index (κ1) is 11.6. The average Bonchev–Trinajstić information content (AvgIpc) is 2.72. The minimum Gasteiger partial charge on any atom is -0.312 e. The molecule has 6 nitrogen and oxygen atoms in total. The smallest absolute Gasteiger partial charge is 0.160 e. The van der Waals surface area contributed by atoms with E-state index in [1.165, 1.54) is 0 Å². The molecule has 0 aromatic carbocycles. The van der Waals surface area contributed by atoms with Crippen molar-refractivity contribution in [1.29, 1.82) is 0 Å². The van der Waals surface area contributed by atoms with E-state index < -0.39 is 9.84 Å². The van der Waals surface area contributed by atoms with Crippen LogP contribution in [0.4, 0.5) is 0 Å². The van der Waals surface area contributed by atoms with Gasteiger partial charge in [-0.15, -0.1) is 10.2 Å². The highest BCUT2D eigenvalue weighted by atomic mass is 32.2. The van der Waals surface area contributed by atoms with E-state index >= 15 is 0 Å². The zero-order valence-electron chi connectivity index (χ0n) is 9.78. The molecular weight excluding hydrogens is 252 g/mol. The number of pyridine rings is 1. The lowest BCUT2D eigenvalue weighted by Crippen LogP contribution is -2.46. The molecule has 0 aliphatic carbocycles. The van der Waals surface area contributed by atoms with Gasteiger partial charge in [-0.2, -0.15) is 0 Å². The second kappa shape index (κ2) is 4.33. The molecule has 3 rings (SSSR count). The van der Waals surface area contributed by atoms with Crippen molar-refractivity contribution in [3.8, 4) is 0 Å². The third-order valence-corrected chi connectivity index (χ3v) is 4.85. The summed E-state index contributed by atoms with van der Waals surface area (Å²) in [6.07, 6.45) is 2.46. The lowest BCUT2D eigenvalue weighted by molar-refractivity contribution is 0.507. The van der Waals surface area contributed by atoms with Crippen LogP contribution < -0.4 is 5.32 Å². The minimum absolute atomic E-state index is 0.0728. The molecule has 3 heterocycles. The van der Waals surface area contributed by atoms with E-state index in [-0.39, 0.29) is 17.5 Å². The highest BCUT2D eigenvalue weighted by Gasteiger charge is 2.25. The number of aromatic nitrogens is 3. The summed E-state index contributed by atoms with van der Waals surface area (Å²) in [5.74, 6) is 1.19. The second-order valence-corrected chi connectivity index (χ2v) is 6.74. The van der Waals surface area contributed by atoms with Gasteiger partial charge < -0.3 is 5.32 Å². The molecule has 7 heteroatoms. The first-order valence-electron chi connectivity index (χ1n) is 5.86. The van der Waals surface area contributed by atoms with Gasteiger partial charge in [-0.05, 0) is 12.1 Å². The molecular formula is C11H14N4O2S. The number of hydrogen-bond donors (Lipinski definition) is 1. The van der Waals surface area contributed by atoms with E-state index in [1.54, 1.807) is 0 Å². The summed E-state index contributed by atoms with van der Waals surface area (Å²) in [6, 6.07) is 5.61. The van der Waals surface area contributed by atoms with Crippen molar-refractivity contribution < 1.29 is 8.42 Å². The Kier molecular flexibility index (Phi) is 2.79. The van der Waals surface area contributed by atoms with Crippen LogP contribution in [0.25, 0.3) is 5.65 Å². The molecule has 1 aliphatic rings. The van der Waals surface area contributed by atoms with E-state index in [0.717, 1.165) is 11.5 Å². The molecule has 1 atom stereocenters. The SMILES string of the molecule is O=S1(=O)CCNC(Cc2nnc3ccccn23)C1. The first-order chi connectivity index (χ1) is 8.64. The fourth-order valence-corrected chi connectivity index (χ4v) is 3.69. The van der Waals surface area contributed by atoms with Crippen molar-refractivity contribution >= 4 is 15.5 Å². The van der Waals surface area contributed by atoms with Crippen LogP contribution in [0.2, 0.25) is 0 Å². The number of rotatable bonds is 2. The molecule has 2 aromatic rings. The van der Waals surface area contributed by atoms with Gasteiger partial charge in [-0.1, -0.05) is 6.07 Å². The quantitative estimate of drug-likeness (QED) is 0.804. The van der Waals surface area contributed by atoms with Crippen LogP contribution >= 0.6 is 0 Å². The summed E-state index contributed by atoms with van der Waals surface area (Å²) in [6.45, 7) is 0.518. The largest absolute Gasteiger partial charge is 0.312 e. The van der Waals surface area contributed by atoms with Crippen LogP contribution in [-0.4, -0.2) is 47.1 Å². The first-order valence-corrected chi connectivity index (χ1v) is 7.69. The molecule has 1 saturated heterocycles. The molecule has 1 N–H and O–H groups in total. The van der Waals surface area contributed by atoms with Gasteiger partial charge in [0.1, 0.15) is 5.82 Å². The van der Waals surface area contributed by atoms with Gasteiger partial charge in [0.25, 0.3) is 0 Å². The van der Waals surface area contributed by atoms with Gasteiger partial charge in [0, 0.05) is 25.2 Å². The van der Waals surface area contributed by atoms with Crippen molar-refractivity contribution in [2.75, 3.05) is 18.1 Å². The van der Waals surface area contributed by atoms with Crippen molar-refractivity contribution in [2.24, 2.45) is 0 Å². The fraction of sp³-hybridized carbons (Fsp3) is 0.455. The Bertz CT molecular complexity index is 664. The number of hydrogen-bond acceptors (Lipinski definition) is 5. The van der Waals surface area contributed by atoms with Crippen LogP contribution in [0.15, 0.2) is 24.4 Å². The van der Waals surface area contributed by atoms with Crippen LogP contribution in [-0.2, 0) is 16.3 Å². The van der Waals surface area contributed by atoms with Gasteiger partial charge in [-0.3, -0.25) is 4.40 Å². The minimum atomic E-state index is -2.91. The van der Waals surface area contributed by atoms with Crippen LogP contribution in [0.3, 0.4) is 0 Å². The highest BCUT2D eigenvalue weighted by Crippen LogP contribution is 2.09. The summed E-state index contributed by atoms with van der Waals surface area (Å²) in [5.41, 5.74) is 0.783. The maximum absolute atomic E-state index is 11.6. The predicted molar refractivity (Wildman–Crippen MR) is 67.1 cm³/mol. The zero-order valence-corrected chi connectivity index (χ0v) is 10.6. The number of nitrogens with one attached hydrogen (secondary N) is 1. The molecule has 0 saturated carbocycles. The topological polar surface area (TPSA) is 76.4 Å². The van der Waals surface area contributed by atoms with E-state index in [1.807, 2.05) is 28.8 Å². The van der Waals surface area contributed by atoms with Crippen molar-refractivity contribution in [3.05, 3.63) is 30.2 Å². The molecule has 18 heavy (non-hydrogen) atoms. The molecule has 0 amide bonds. The van der Waals surface area contributed by atoms with Gasteiger partial charge >= 0.3 is 0 Å². The lowest BCUT2D eigenvalue weighted by atomic mass is 10.2. The number of fused-ring (bicyclic) bond motifs is 1. The highest BCUT2D eigenvalue weighted by molar-refractivity contribution is 7.91. The van der Waals surface area contributed by atoms with Gasteiger partial charge in [0.15, 0.2) is 15.5 Å². The third kappa shape index (κ3) is 2.23. The summed E-state index contributed by atoms with van der Waals surface area (Å²) >= 11 is 0. The van der Waals surface area contributed by atoms with Crippen molar-refractivity contribution in [2.45, 2.75) is 12.5 Å². The normalized spacial score (nSPS) is 23.2. The average molecular weight is 266 g/mol. The number of sulfone groups is 1. The molecule has 2 aromatic heterocycles. The Labute approximate surface area is 105 Å². The van der Waals surface area contributed by atoms with Crippen LogP contribution in [0.5, 0.6) is 0 Å². The second-order valence-electron chi connectivity index (χ2n) is 4.51. The molecule has 96 valence electrons. The summed E-state index contributed by atoms with van der Waals surface area (Å²) < 4.78 is 25.0. The van der Waals surface area contributed by atoms with Crippen LogP contribution in [0.1, 0.15) is 5.82 Å². The molecule has 0 bridgehead atoms. The Morgan fingerprint density at radius 3 is 3.11 bits per heavy atom. The molecule has 1 aliphatic heterocycles. The standard InChI is InChI=1S/C11H14N4O2S/c16-18(17)6-4-12-9(8-18)7-11-14-13-10-3-1-2-5-15(10)11/h1-3,5,9,12H,4,6-8H2. The number of nitrogens with zero attached hydrogens (tertiary/aromatic N) is 3. The molecule has 1 unspecified atom stereocenters. The van der Waals surface area contributed by atoms with Gasteiger partial charge in [0.05, 0.1) is 11.5 Å². The van der Waals surface area contributed by atoms with E-state index in [4.69, 9.17) is 0 Å². The van der Waals surface area contributed by atoms with E-state index in [0.29, 0.717) is 13.0 Å². The maximum atomic E-state index is 11.6. The molecule has 1 fully saturated rings. The summed E-state index contributed by atoms with van der Waals surface area (Å²) in [4.78, 5) is 0. The summed E-state index contributed by atoms with van der Waals surface area (Å²) in [7, 11) is -2.91. The lowest BCUT2D eigenvalue weighted by Gasteiger charge is -2.22. The Hall–Kier alpha value is -1.47. The molecule has 0 radical (unpaired) electrons. The monoisotopic (exact) mass is 266 g/mol. The van der Waals surface area contributed by atoms with Gasteiger partial charge in [0.2, 0.25) is 0 Å². The van der Waals surface area contributed by atoms with E-state index in [2.05, 4.69) is 15.5 Å².